The Hall–Kier alpha value is -0.740. The van der Waals surface area contributed by atoms with Crippen molar-refractivity contribution >= 4 is 38.3 Å². The minimum absolute atomic E-state index is 0.174. The molecule has 2 rings (SSSR count). The molecule has 1 atom stereocenters. The normalized spacial score (nSPS) is 13.9. The van der Waals surface area contributed by atoms with Gasteiger partial charge in [0.1, 0.15) is 0 Å². The molecule has 17 heavy (non-hydrogen) atoms. The Labute approximate surface area is 110 Å². The van der Waals surface area contributed by atoms with Crippen LogP contribution in [0.1, 0.15) is 16.8 Å². The van der Waals surface area contributed by atoms with Crippen LogP contribution in [0.3, 0.4) is 0 Å². The second-order valence-electron chi connectivity index (χ2n) is 3.62. The molecule has 0 heterocycles. The summed E-state index contributed by atoms with van der Waals surface area (Å²) < 4.78 is 39.0. The quantitative estimate of drug-likeness (QED) is 0.641. The van der Waals surface area contributed by atoms with Gasteiger partial charge < -0.3 is 0 Å². The van der Waals surface area contributed by atoms with Crippen molar-refractivity contribution in [1.29, 1.82) is 0 Å². The second kappa shape index (κ2) is 4.50. The molecule has 0 bridgehead atoms. The molecule has 0 fully saturated rings. The number of hydrogen-bond acceptors (Lipinski definition) is 0. The average Bonchev–Trinajstić information content (AvgIpc) is 2.26. The Morgan fingerprint density at radius 2 is 1.71 bits per heavy atom. The Morgan fingerprint density at radius 3 is 2.29 bits per heavy atom. The lowest BCUT2D eigenvalue weighted by atomic mass is 10.0. The smallest absolute Gasteiger partial charge is 0.225 e. The van der Waals surface area contributed by atoms with Crippen LogP contribution in [0.4, 0.5) is 13.2 Å². The van der Waals surface area contributed by atoms with E-state index in [0.717, 1.165) is 5.39 Å². The van der Waals surface area contributed by atoms with Crippen LogP contribution in [0.15, 0.2) is 36.4 Å². The van der Waals surface area contributed by atoms with Gasteiger partial charge in [-0.1, -0.05) is 35.9 Å². The summed E-state index contributed by atoms with van der Waals surface area (Å²) in [5.41, 5.74) is -1.55. The van der Waals surface area contributed by atoms with Crippen LogP contribution in [0, 0.1) is 0 Å². The van der Waals surface area contributed by atoms with Gasteiger partial charge in [-0.25, -0.2) is 4.39 Å². The van der Waals surface area contributed by atoms with Gasteiger partial charge in [0.2, 0.25) is 0 Å². The standard InChI is InChI=1S/C12H7BrClF3/c13-12(16,17)10-4-3-7-1-2-8(11(14)15)5-9(7)6-10/h1-6,11H. The highest BCUT2D eigenvalue weighted by atomic mass is 79.9. The molecule has 90 valence electrons. The van der Waals surface area contributed by atoms with Crippen LogP contribution in [0.25, 0.3) is 10.8 Å². The van der Waals surface area contributed by atoms with E-state index < -0.39 is 10.5 Å². The summed E-state index contributed by atoms with van der Waals surface area (Å²) in [7, 11) is 0. The van der Waals surface area contributed by atoms with Crippen LogP contribution in [0.2, 0.25) is 0 Å². The van der Waals surface area contributed by atoms with Crippen LogP contribution in [0.5, 0.6) is 0 Å². The van der Waals surface area contributed by atoms with Gasteiger partial charge >= 0.3 is 4.83 Å². The highest BCUT2D eigenvalue weighted by Crippen LogP contribution is 2.36. The average molecular weight is 324 g/mol. The Kier molecular flexibility index (Phi) is 3.36. The highest BCUT2D eigenvalue weighted by Gasteiger charge is 2.26. The first kappa shape index (κ1) is 12.7. The summed E-state index contributed by atoms with van der Waals surface area (Å²) in [4.78, 5) is -3.09. The maximum absolute atomic E-state index is 13.1. The van der Waals surface area contributed by atoms with E-state index in [4.69, 9.17) is 11.6 Å². The molecule has 0 amide bonds. The Morgan fingerprint density at radius 1 is 1.06 bits per heavy atom. The summed E-state index contributed by atoms with van der Waals surface area (Å²) in [5, 5.41) is 1.29. The molecule has 0 aliphatic rings. The summed E-state index contributed by atoms with van der Waals surface area (Å²) in [5.74, 6) is 0. The van der Waals surface area contributed by atoms with E-state index in [-0.39, 0.29) is 11.1 Å². The Balaban J connectivity index is 2.59. The van der Waals surface area contributed by atoms with E-state index in [1.54, 1.807) is 12.1 Å². The fourth-order valence-corrected chi connectivity index (χ4v) is 1.96. The number of hydrogen-bond donors (Lipinski definition) is 0. The predicted molar refractivity (Wildman–Crippen MR) is 66.5 cm³/mol. The zero-order valence-corrected chi connectivity index (χ0v) is 10.8. The van der Waals surface area contributed by atoms with Gasteiger partial charge in [-0.05, 0) is 38.8 Å². The lowest BCUT2D eigenvalue weighted by molar-refractivity contribution is 0.115. The maximum atomic E-state index is 13.1. The molecule has 0 aromatic heterocycles. The van der Waals surface area contributed by atoms with Crippen LogP contribution >= 0.6 is 27.5 Å². The van der Waals surface area contributed by atoms with Gasteiger partial charge in [0, 0.05) is 11.1 Å². The zero-order valence-electron chi connectivity index (χ0n) is 8.43. The third-order valence-electron chi connectivity index (χ3n) is 2.44. The molecule has 0 aliphatic carbocycles. The number of alkyl halides is 5. The van der Waals surface area contributed by atoms with Crippen molar-refractivity contribution in [2.24, 2.45) is 0 Å². The summed E-state index contributed by atoms with van der Waals surface area (Å²) in [6, 6.07) is 8.85. The van der Waals surface area contributed by atoms with Gasteiger partial charge in [-0.2, -0.15) is 8.78 Å². The number of halogens is 5. The topological polar surface area (TPSA) is 0 Å². The second-order valence-corrected chi connectivity index (χ2v) is 5.00. The first-order chi connectivity index (χ1) is 7.88. The van der Waals surface area contributed by atoms with Gasteiger partial charge in [0.15, 0.2) is 5.63 Å². The molecular formula is C12H7BrClF3. The predicted octanol–water partition coefficient (Wildman–Crippen LogP) is 5.49. The maximum Gasteiger partial charge on any atom is 0.326 e. The molecule has 0 spiro atoms. The van der Waals surface area contributed by atoms with E-state index in [1.807, 2.05) is 0 Å². The Bertz CT molecular complexity index is 549. The molecule has 2 aromatic carbocycles. The van der Waals surface area contributed by atoms with E-state index in [0.29, 0.717) is 5.39 Å². The molecule has 1 unspecified atom stereocenters. The van der Waals surface area contributed by atoms with Crippen molar-refractivity contribution in [3.05, 3.63) is 47.5 Å². The third-order valence-corrected chi connectivity index (χ3v) is 3.15. The van der Waals surface area contributed by atoms with Gasteiger partial charge in [0.25, 0.3) is 0 Å². The van der Waals surface area contributed by atoms with E-state index >= 15 is 0 Å². The number of rotatable bonds is 2. The summed E-state index contributed by atoms with van der Waals surface area (Å²) in [6.07, 6.45) is 0. The minimum atomic E-state index is -3.09. The summed E-state index contributed by atoms with van der Waals surface area (Å²) >= 11 is 7.60. The molecule has 0 saturated carbocycles. The van der Waals surface area contributed by atoms with Crippen molar-refractivity contribution in [3.8, 4) is 0 Å². The van der Waals surface area contributed by atoms with E-state index in [9.17, 15) is 13.2 Å². The van der Waals surface area contributed by atoms with Crippen LogP contribution in [-0.2, 0) is 4.83 Å². The molecule has 0 aliphatic heterocycles. The molecule has 2 aromatic rings. The molecule has 0 N–H and O–H groups in total. The van der Waals surface area contributed by atoms with Crippen molar-refractivity contribution in [2.45, 2.75) is 10.5 Å². The van der Waals surface area contributed by atoms with Crippen molar-refractivity contribution in [1.82, 2.24) is 0 Å². The first-order valence-electron chi connectivity index (χ1n) is 4.77. The monoisotopic (exact) mass is 322 g/mol. The van der Waals surface area contributed by atoms with Gasteiger partial charge in [-0.3, -0.25) is 0 Å². The first-order valence-corrected chi connectivity index (χ1v) is 6.00. The van der Waals surface area contributed by atoms with Crippen LogP contribution in [-0.4, -0.2) is 0 Å². The number of benzene rings is 2. The van der Waals surface area contributed by atoms with Gasteiger partial charge in [-0.15, -0.1) is 0 Å². The van der Waals surface area contributed by atoms with Crippen LogP contribution < -0.4 is 0 Å². The lowest BCUT2D eigenvalue weighted by Crippen LogP contribution is -2.01. The fraction of sp³-hybridized carbons (Fsp3) is 0.167. The third kappa shape index (κ3) is 2.75. The van der Waals surface area contributed by atoms with Crippen molar-refractivity contribution < 1.29 is 13.2 Å². The largest absolute Gasteiger partial charge is 0.326 e. The lowest BCUT2D eigenvalue weighted by Gasteiger charge is -2.10. The molecule has 0 radical (unpaired) electrons. The molecular weight excluding hydrogens is 316 g/mol. The van der Waals surface area contributed by atoms with Crippen molar-refractivity contribution in [2.75, 3.05) is 0 Å². The molecule has 0 nitrogen and oxygen atoms in total. The fourth-order valence-electron chi connectivity index (χ4n) is 1.58. The van der Waals surface area contributed by atoms with E-state index in [2.05, 4.69) is 15.9 Å². The van der Waals surface area contributed by atoms with Gasteiger partial charge in [0.05, 0.1) is 0 Å². The minimum Gasteiger partial charge on any atom is -0.225 e. The highest BCUT2D eigenvalue weighted by molar-refractivity contribution is 9.09. The SMILES string of the molecule is FC(Cl)c1ccc2ccc(C(F)(F)Br)cc2c1. The summed E-state index contributed by atoms with van der Waals surface area (Å²) in [6.45, 7) is 0. The zero-order chi connectivity index (χ0) is 12.6. The van der Waals surface area contributed by atoms with E-state index in [1.165, 1.54) is 24.3 Å². The number of fused-ring (bicyclic) bond motifs is 1. The molecule has 0 saturated heterocycles. The molecule has 5 heteroatoms. The van der Waals surface area contributed by atoms with Crippen molar-refractivity contribution in [3.63, 3.8) is 0 Å².